The Labute approximate surface area is 101 Å². The molecule has 1 heterocycles. The molecule has 0 amide bonds. The minimum absolute atomic E-state index is 0.687. The molecule has 86 valence electrons. The van der Waals surface area contributed by atoms with Crippen LogP contribution in [0.3, 0.4) is 0 Å². The predicted molar refractivity (Wildman–Crippen MR) is 74.3 cm³/mol. The SMILES string of the molecule is CC(C)Cc1cccc2c1[nH]c1ccccc12. The van der Waals surface area contributed by atoms with Crippen molar-refractivity contribution in [1.29, 1.82) is 0 Å². The Morgan fingerprint density at radius 1 is 0.941 bits per heavy atom. The summed E-state index contributed by atoms with van der Waals surface area (Å²) in [4.78, 5) is 3.55. The van der Waals surface area contributed by atoms with Crippen molar-refractivity contribution in [3.05, 3.63) is 48.0 Å². The van der Waals surface area contributed by atoms with Crippen molar-refractivity contribution in [2.24, 2.45) is 5.92 Å². The lowest BCUT2D eigenvalue weighted by molar-refractivity contribution is 0.649. The van der Waals surface area contributed by atoms with E-state index in [9.17, 15) is 0 Å². The molecule has 0 aliphatic carbocycles. The fourth-order valence-corrected chi connectivity index (χ4v) is 2.54. The van der Waals surface area contributed by atoms with Gasteiger partial charge in [0.15, 0.2) is 0 Å². The second-order valence-corrected chi connectivity index (χ2v) is 5.11. The molecule has 3 rings (SSSR count). The molecule has 1 heteroatoms. The van der Waals surface area contributed by atoms with Crippen LogP contribution < -0.4 is 0 Å². The minimum atomic E-state index is 0.687. The van der Waals surface area contributed by atoms with Gasteiger partial charge in [0.05, 0.1) is 0 Å². The molecule has 0 saturated carbocycles. The zero-order valence-corrected chi connectivity index (χ0v) is 10.3. The number of benzene rings is 2. The second-order valence-electron chi connectivity index (χ2n) is 5.11. The predicted octanol–water partition coefficient (Wildman–Crippen LogP) is 4.52. The van der Waals surface area contributed by atoms with E-state index in [-0.39, 0.29) is 0 Å². The Bertz CT molecular complexity index is 661. The average Bonchev–Trinajstić information content (AvgIpc) is 2.68. The summed E-state index contributed by atoms with van der Waals surface area (Å²) in [7, 11) is 0. The van der Waals surface area contributed by atoms with Crippen LogP contribution in [0.4, 0.5) is 0 Å². The number of para-hydroxylation sites is 2. The number of hydrogen-bond acceptors (Lipinski definition) is 0. The highest BCUT2D eigenvalue weighted by Crippen LogP contribution is 2.28. The first-order chi connectivity index (χ1) is 8.25. The summed E-state index contributed by atoms with van der Waals surface area (Å²) in [5, 5.41) is 2.67. The van der Waals surface area contributed by atoms with Gasteiger partial charge in [0.2, 0.25) is 0 Å². The van der Waals surface area contributed by atoms with Gasteiger partial charge in [-0.15, -0.1) is 0 Å². The lowest BCUT2D eigenvalue weighted by atomic mass is 10.0. The van der Waals surface area contributed by atoms with Crippen LogP contribution in [-0.4, -0.2) is 4.98 Å². The van der Waals surface area contributed by atoms with E-state index in [2.05, 4.69) is 61.3 Å². The standard InChI is InChI=1S/C16H17N/c1-11(2)10-12-6-5-8-14-13-7-3-4-9-15(13)17-16(12)14/h3-9,11,17H,10H2,1-2H3. The summed E-state index contributed by atoms with van der Waals surface area (Å²) < 4.78 is 0. The number of hydrogen-bond donors (Lipinski definition) is 1. The molecule has 0 spiro atoms. The van der Waals surface area contributed by atoms with Crippen LogP contribution in [-0.2, 0) is 6.42 Å². The Morgan fingerprint density at radius 2 is 1.71 bits per heavy atom. The zero-order chi connectivity index (χ0) is 11.8. The van der Waals surface area contributed by atoms with E-state index in [0.29, 0.717) is 5.92 Å². The fourth-order valence-electron chi connectivity index (χ4n) is 2.54. The number of rotatable bonds is 2. The highest BCUT2D eigenvalue weighted by atomic mass is 14.7. The summed E-state index contributed by atoms with van der Waals surface area (Å²) in [5.41, 5.74) is 3.97. The quantitative estimate of drug-likeness (QED) is 0.657. The van der Waals surface area contributed by atoms with Gasteiger partial charge in [0.25, 0.3) is 0 Å². The molecule has 0 radical (unpaired) electrons. The van der Waals surface area contributed by atoms with E-state index in [1.54, 1.807) is 0 Å². The third-order valence-corrected chi connectivity index (χ3v) is 3.26. The molecule has 17 heavy (non-hydrogen) atoms. The molecule has 0 bridgehead atoms. The van der Waals surface area contributed by atoms with E-state index in [0.717, 1.165) is 6.42 Å². The maximum atomic E-state index is 3.55. The third-order valence-electron chi connectivity index (χ3n) is 3.26. The van der Waals surface area contributed by atoms with Gasteiger partial charge in [-0.25, -0.2) is 0 Å². The summed E-state index contributed by atoms with van der Waals surface area (Å²) in [5.74, 6) is 0.687. The molecule has 1 N–H and O–H groups in total. The lowest BCUT2D eigenvalue weighted by Crippen LogP contribution is -1.94. The molecule has 1 aromatic heterocycles. The van der Waals surface area contributed by atoms with Gasteiger partial charge in [0.1, 0.15) is 0 Å². The smallest absolute Gasteiger partial charge is 0.0497 e. The van der Waals surface area contributed by atoms with Crippen LogP contribution in [0.1, 0.15) is 19.4 Å². The zero-order valence-electron chi connectivity index (χ0n) is 10.3. The summed E-state index contributed by atoms with van der Waals surface area (Å²) in [6.07, 6.45) is 1.13. The second kappa shape index (κ2) is 3.92. The summed E-state index contributed by atoms with van der Waals surface area (Å²) >= 11 is 0. The van der Waals surface area contributed by atoms with E-state index in [4.69, 9.17) is 0 Å². The minimum Gasteiger partial charge on any atom is -0.354 e. The molecular formula is C16H17N. The normalized spacial score (nSPS) is 11.7. The molecule has 0 unspecified atom stereocenters. The lowest BCUT2D eigenvalue weighted by Gasteiger charge is -2.05. The number of nitrogens with one attached hydrogen (secondary N) is 1. The maximum absolute atomic E-state index is 3.55. The van der Waals surface area contributed by atoms with Crippen molar-refractivity contribution >= 4 is 21.8 Å². The highest BCUT2D eigenvalue weighted by molar-refractivity contribution is 6.08. The molecule has 0 aliphatic rings. The van der Waals surface area contributed by atoms with Crippen LogP contribution in [0.2, 0.25) is 0 Å². The number of fused-ring (bicyclic) bond motifs is 3. The van der Waals surface area contributed by atoms with Crippen molar-refractivity contribution in [2.75, 3.05) is 0 Å². The first-order valence-electron chi connectivity index (χ1n) is 6.24. The summed E-state index contributed by atoms with van der Waals surface area (Å²) in [6.45, 7) is 4.53. The van der Waals surface area contributed by atoms with Crippen LogP contribution in [0.15, 0.2) is 42.5 Å². The van der Waals surface area contributed by atoms with Gasteiger partial charge >= 0.3 is 0 Å². The fraction of sp³-hybridized carbons (Fsp3) is 0.250. The van der Waals surface area contributed by atoms with Gasteiger partial charge in [0, 0.05) is 21.8 Å². The highest BCUT2D eigenvalue weighted by Gasteiger charge is 2.08. The van der Waals surface area contributed by atoms with Crippen molar-refractivity contribution in [3.63, 3.8) is 0 Å². The van der Waals surface area contributed by atoms with Crippen LogP contribution >= 0.6 is 0 Å². The number of aromatic amines is 1. The topological polar surface area (TPSA) is 15.8 Å². The molecule has 0 aliphatic heterocycles. The molecule has 1 nitrogen and oxygen atoms in total. The van der Waals surface area contributed by atoms with Gasteiger partial charge in [-0.1, -0.05) is 50.2 Å². The van der Waals surface area contributed by atoms with E-state index >= 15 is 0 Å². The van der Waals surface area contributed by atoms with Crippen LogP contribution in [0.25, 0.3) is 21.8 Å². The largest absolute Gasteiger partial charge is 0.354 e. The molecule has 0 atom stereocenters. The third kappa shape index (κ3) is 1.72. The molecule has 3 aromatic rings. The Kier molecular flexibility index (Phi) is 2.40. The van der Waals surface area contributed by atoms with Gasteiger partial charge in [-0.2, -0.15) is 0 Å². The maximum Gasteiger partial charge on any atom is 0.0497 e. The monoisotopic (exact) mass is 223 g/mol. The van der Waals surface area contributed by atoms with Crippen molar-refractivity contribution in [3.8, 4) is 0 Å². The Hall–Kier alpha value is -1.76. The van der Waals surface area contributed by atoms with Gasteiger partial charge in [-0.3, -0.25) is 0 Å². The first-order valence-corrected chi connectivity index (χ1v) is 6.24. The molecule has 0 fully saturated rings. The van der Waals surface area contributed by atoms with Gasteiger partial charge in [-0.05, 0) is 24.0 Å². The Morgan fingerprint density at radius 3 is 2.53 bits per heavy atom. The molecule has 2 aromatic carbocycles. The molecular weight excluding hydrogens is 206 g/mol. The van der Waals surface area contributed by atoms with Crippen LogP contribution in [0, 0.1) is 5.92 Å². The van der Waals surface area contributed by atoms with E-state index in [1.807, 2.05) is 0 Å². The van der Waals surface area contributed by atoms with Gasteiger partial charge < -0.3 is 4.98 Å². The first kappa shape index (κ1) is 10.4. The van der Waals surface area contributed by atoms with Crippen LogP contribution in [0.5, 0.6) is 0 Å². The summed E-state index contributed by atoms with van der Waals surface area (Å²) in [6, 6.07) is 15.1. The molecule has 0 saturated heterocycles. The average molecular weight is 223 g/mol. The number of H-pyrrole nitrogens is 1. The van der Waals surface area contributed by atoms with Crippen molar-refractivity contribution in [2.45, 2.75) is 20.3 Å². The van der Waals surface area contributed by atoms with Crippen molar-refractivity contribution in [1.82, 2.24) is 4.98 Å². The Balaban J connectivity index is 2.31. The number of aromatic nitrogens is 1. The van der Waals surface area contributed by atoms with E-state index < -0.39 is 0 Å². The van der Waals surface area contributed by atoms with Crippen molar-refractivity contribution < 1.29 is 0 Å². The van der Waals surface area contributed by atoms with E-state index in [1.165, 1.54) is 27.4 Å².